The minimum absolute atomic E-state index is 0.0434. The molecule has 0 unspecified atom stereocenters. The first kappa shape index (κ1) is 13.9. The lowest BCUT2D eigenvalue weighted by molar-refractivity contribution is -0.144. The first-order valence-electron chi connectivity index (χ1n) is 4.98. The van der Waals surface area contributed by atoms with Gasteiger partial charge in [-0.1, -0.05) is 13.8 Å². The minimum Gasteiger partial charge on any atom is -0.480 e. The van der Waals surface area contributed by atoms with Crippen LogP contribution in [-0.2, 0) is 14.3 Å². The van der Waals surface area contributed by atoms with Crippen LogP contribution in [0.1, 0.15) is 27.7 Å². The van der Waals surface area contributed by atoms with Crippen molar-refractivity contribution in [3.8, 4) is 0 Å². The molecule has 0 aromatic carbocycles. The van der Waals surface area contributed by atoms with Gasteiger partial charge in [-0.05, 0) is 19.8 Å². The Hall–Kier alpha value is -1.10. The van der Waals surface area contributed by atoms with Gasteiger partial charge in [-0.2, -0.15) is 0 Å². The molecule has 0 aliphatic carbocycles. The van der Waals surface area contributed by atoms with Crippen LogP contribution < -0.4 is 5.32 Å². The second-order valence-corrected chi connectivity index (χ2v) is 3.99. The van der Waals surface area contributed by atoms with E-state index in [1.165, 1.54) is 0 Å². The number of carboxylic acids is 1. The molecule has 0 bridgehead atoms. The Bertz CT molecular complexity index is 225. The molecule has 0 heterocycles. The number of carbonyl (C=O) groups excluding carboxylic acids is 1. The van der Waals surface area contributed by atoms with Gasteiger partial charge in [-0.25, -0.2) is 4.79 Å². The average molecular weight is 217 g/mol. The highest BCUT2D eigenvalue weighted by atomic mass is 16.5. The van der Waals surface area contributed by atoms with Crippen molar-refractivity contribution >= 4 is 11.9 Å². The summed E-state index contributed by atoms with van der Waals surface area (Å²) in [6.07, 6.45) is -0.0434. The van der Waals surface area contributed by atoms with Crippen LogP contribution >= 0.6 is 0 Å². The van der Waals surface area contributed by atoms with E-state index in [-0.39, 0.29) is 18.6 Å². The summed E-state index contributed by atoms with van der Waals surface area (Å²) < 4.78 is 5.06. The second-order valence-electron chi connectivity index (χ2n) is 3.99. The van der Waals surface area contributed by atoms with E-state index in [1.807, 2.05) is 13.8 Å². The van der Waals surface area contributed by atoms with Gasteiger partial charge in [0.1, 0.15) is 12.6 Å². The number of amides is 1. The fraction of sp³-hybridized carbons (Fsp3) is 0.800. The molecule has 0 aliphatic heterocycles. The molecule has 5 heteroatoms. The van der Waals surface area contributed by atoms with E-state index in [4.69, 9.17) is 9.84 Å². The number of rotatable bonds is 6. The summed E-state index contributed by atoms with van der Waals surface area (Å²) in [4.78, 5) is 22.0. The molecule has 0 spiro atoms. The van der Waals surface area contributed by atoms with Crippen molar-refractivity contribution in [3.05, 3.63) is 0 Å². The fourth-order valence-corrected chi connectivity index (χ4v) is 0.971. The topological polar surface area (TPSA) is 75.6 Å². The number of hydrogen-bond acceptors (Lipinski definition) is 3. The first-order valence-corrected chi connectivity index (χ1v) is 4.98. The van der Waals surface area contributed by atoms with Gasteiger partial charge in [0, 0.05) is 0 Å². The van der Waals surface area contributed by atoms with Gasteiger partial charge >= 0.3 is 5.97 Å². The SMILES string of the molecule is CC(C)OCC(=O)N[C@H](C(=O)O)C(C)C. The highest BCUT2D eigenvalue weighted by Crippen LogP contribution is 2.01. The predicted octanol–water partition coefficient (Wildman–Crippen LogP) is 0.637. The van der Waals surface area contributed by atoms with E-state index in [0.29, 0.717) is 0 Å². The lowest BCUT2D eigenvalue weighted by Gasteiger charge is -2.18. The predicted molar refractivity (Wildman–Crippen MR) is 55.5 cm³/mol. The summed E-state index contributed by atoms with van der Waals surface area (Å²) in [7, 11) is 0. The van der Waals surface area contributed by atoms with Gasteiger partial charge < -0.3 is 15.2 Å². The highest BCUT2D eigenvalue weighted by Gasteiger charge is 2.23. The molecule has 5 nitrogen and oxygen atoms in total. The van der Waals surface area contributed by atoms with Crippen LogP contribution in [0.2, 0.25) is 0 Å². The molecule has 2 N–H and O–H groups in total. The van der Waals surface area contributed by atoms with Crippen molar-refractivity contribution in [2.24, 2.45) is 5.92 Å². The lowest BCUT2D eigenvalue weighted by Crippen LogP contribution is -2.45. The van der Waals surface area contributed by atoms with Crippen LogP contribution in [0, 0.1) is 5.92 Å². The van der Waals surface area contributed by atoms with E-state index in [9.17, 15) is 9.59 Å². The van der Waals surface area contributed by atoms with Crippen molar-refractivity contribution < 1.29 is 19.4 Å². The lowest BCUT2D eigenvalue weighted by atomic mass is 10.1. The van der Waals surface area contributed by atoms with E-state index < -0.39 is 17.9 Å². The molecule has 0 saturated carbocycles. The molecule has 1 amide bonds. The summed E-state index contributed by atoms with van der Waals surface area (Å²) in [5.41, 5.74) is 0. The van der Waals surface area contributed by atoms with Crippen LogP contribution in [0.5, 0.6) is 0 Å². The zero-order valence-electron chi connectivity index (χ0n) is 9.61. The maximum atomic E-state index is 11.3. The standard InChI is InChI=1S/C10H19NO4/c1-6(2)9(10(13)14)11-8(12)5-15-7(3)4/h6-7,9H,5H2,1-4H3,(H,11,12)(H,13,14)/t9-/m0/s1. The van der Waals surface area contributed by atoms with Crippen LogP contribution in [0.3, 0.4) is 0 Å². The Balaban J connectivity index is 4.07. The average Bonchev–Trinajstić information content (AvgIpc) is 2.09. The molecule has 0 aromatic rings. The third-order valence-electron chi connectivity index (χ3n) is 1.80. The van der Waals surface area contributed by atoms with Crippen LogP contribution in [0.15, 0.2) is 0 Å². The Morgan fingerprint density at radius 2 is 1.80 bits per heavy atom. The maximum Gasteiger partial charge on any atom is 0.326 e. The molecule has 88 valence electrons. The molecule has 0 aromatic heterocycles. The Labute approximate surface area is 89.8 Å². The second kappa shape index (κ2) is 6.40. The van der Waals surface area contributed by atoms with E-state index in [1.54, 1.807) is 13.8 Å². The molecule has 0 radical (unpaired) electrons. The molecule has 15 heavy (non-hydrogen) atoms. The number of carbonyl (C=O) groups is 2. The molecular formula is C10H19NO4. The van der Waals surface area contributed by atoms with Crippen molar-refractivity contribution in [1.29, 1.82) is 0 Å². The Morgan fingerprint density at radius 1 is 1.27 bits per heavy atom. The van der Waals surface area contributed by atoms with Crippen molar-refractivity contribution in [1.82, 2.24) is 5.32 Å². The molecule has 0 rings (SSSR count). The van der Waals surface area contributed by atoms with Crippen molar-refractivity contribution in [2.45, 2.75) is 39.8 Å². The summed E-state index contributed by atoms with van der Waals surface area (Å²) in [6, 6.07) is -0.853. The fourth-order valence-electron chi connectivity index (χ4n) is 0.971. The van der Waals surface area contributed by atoms with Gasteiger partial charge in [-0.3, -0.25) is 4.79 Å². The monoisotopic (exact) mass is 217 g/mol. The molecule has 1 atom stereocenters. The number of carboxylic acid groups (broad SMARTS) is 1. The first-order chi connectivity index (χ1) is 6.84. The Kier molecular flexibility index (Phi) is 5.93. The van der Waals surface area contributed by atoms with Gasteiger partial charge in [0.25, 0.3) is 0 Å². The van der Waals surface area contributed by atoms with Gasteiger partial charge in [0.05, 0.1) is 6.10 Å². The number of nitrogens with one attached hydrogen (secondary N) is 1. The molecular weight excluding hydrogens is 198 g/mol. The van der Waals surface area contributed by atoms with Gasteiger partial charge in [0.2, 0.25) is 5.91 Å². The van der Waals surface area contributed by atoms with Crippen molar-refractivity contribution in [2.75, 3.05) is 6.61 Å². The third-order valence-corrected chi connectivity index (χ3v) is 1.80. The largest absolute Gasteiger partial charge is 0.480 e. The maximum absolute atomic E-state index is 11.3. The Morgan fingerprint density at radius 3 is 2.13 bits per heavy atom. The van der Waals surface area contributed by atoms with Gasteiger partial charge in [-0.15, -0.1) is 0 Å². The van der Waals surface area contributed by atoms with E-state index in [0.717, 1.165) is 0 Å². The quantitative estimate of drug-likeness (QED) is 0.684. The summed E-state index contributed by atoms with van der Waals surface area (Å²) in [5, 5.41) is 11.2. The summed E-state index contributed by atoms with van der Waals surface area (Å²) in [6.45, 7) is 6.99. The summed E-state index contributed by atoms with van der Waals surface area (Å²) >= 11 is 0. The smallest absolute Gasteiger partial charge is 0.326 e. The van der Waals surface area contributed by atoms with Gasteiger partial charge in [0.15, 0.2) is 0 Å². The highest BCUT2D eigenvalue weighted by molar-refractivity contribution is 5.84. The molecule has 0 aliphatic rings. The van der Waals surface area contributed by atoms with Crippen molar-refractivity contribution in [3.63, 3.8) is 0 Å². The zero-order valence-corrected chi connectivity index (χ0v) is 9.61. The molecule has 0 fully saturated rings. The zero-order chi connectivity index (χ0) is 12.0. The molecule has 0 saturated heterocycles. The van der Waals surface area contributed by atoms with E-state index >= 15 is 0 Å². The number of hydrogen-bond donors (Lipinski definition) is 2. The van der Waals surface area contributed by atoms with Crippen LogP contribution in [-0.4, -0.2) is 35.7 Å². The normalized spacial score (nSPS) is 12.9. The van der Waals surface area contributed by atoms with Crippen LogP contribution in [0.4, 0.5) is 0 Å². The van der Waals surface area contributed by atoms with E-state index in [2.05, 4.69) is 5.32 Å². The third kappa shape index (κ3) is 6.06. The minimum atomic E-state index is -1.03. The number of ether oxygens (including phenoxy) is 1. The number of aliphatic carboxylic acids is 1. The summed E-state index contributed by atoms with van der Waals surface area (Å²) in [5.74, 6) is -1.57. The van der Waals surface area contributed by atoms with Crippen LogP contribution in [0.25, 0.3) is 0 Å².